The molecule has 2 aromatic rings. The molecule has 1 aliphatic rings. The smallest absolute Gasteiger partial charge is 0.0754 e. The summed E-state index contributed by atoms with van der Waals surface area (Å²) in [5, 5.41) is 4.56. The van der Waals surface area contributed by atoms with Crippen LogP contribution < -0.4 is 5.32 Å². The summed E-state index contributed by atoms with van der Waals surface area (Å²) >= 11 is 0. The summed E-state index contributed by atoms with van der Waals surface area (Å²) in [7, 11) is 1.99. The molecule has 1 atom stereocenters. The Morgan fingerprint density at radius 1 is 1.39 bits per heavy atom. The van der Waals surface area contributed by atoms with Gasteiger partial charge < -0.3 is 14.6 Å². The van der Waals surface area contributed by atoms with Gasteiger partial charge in [-0.2, -0.15) is 0 Å². The molecule has 1 unspecified atom stereocenters. The van der Waals surface area contributed by atoms with Crippen LogP contribution in [0.3, 0.4) is 0 Å². The van der Waals surface area contributed by atoms with E-state index in [0.29, 0.717) is 6.10 Å². The fraction of sp³-hybridized carbons (Fsp3) is 0.467. The van der Waals surface area contributed by atoms with Crippen LogP contribution in [0.1, 0.15) is 18.4 Å². The number of fused-ring (bicyclic) bond motifs is 1. The molecule has 0 bridgehead atoms. The molecule has 3 heteroatoms. The van der Waals surface area contributed by atoms with Crippen LogP contribution >= 0.6 is 0 Å². The first-order valence-corrected chi connectivity index (χ1v) is 6.71. The van der Waals surface area contributed by atoms with Gasteiger partial charge in [0, 0.05) is 25.9 Å². The highest BCUT2D eigenvalue weighted by atomic mass is 16.5. The number of ether oxygens (including phenoxy) is 1. The standard InChI is InChI=1S/C15H20N2O/c1-16-10-13-5-2-4-12-7-8-17(15(12)13)11-14-6-3-9-18-14/h2,4-5,7-8,14,16H,3,6,9-11H2,1H3. The van der Waals surface area contributed by atoms with Crippen molar-refractivity contribution in [3.8, 4) is 0 Å². The number of nitrogens with one attached hydrogen (secondary N) is 1. The second-order valence-electron chi connectivity index (χ2n) is 4.99. The number of aromatic nitrogens is 1. The van der Waals surface area contributed by atoms with E-state index < -0.39 is 0 Å². The lowest BCUT2D eigenvalue weighted by atomic mass is 10.1. The first-order chi connectivity index (χ1) is 8.88. The minimum Gasteiger partial charge on any atom is -0.376 e. The molecule has 18 heavy (non-hydrogen) atoms. The fourth-order valence-electron chi connectivity index (χ4n) is 2.83. The maximum absolute atomic E-state index is 5.74. The number of benzene rings is 1. The average Bonchev–Trinajstić information content (AvgIpc) is 3.01. The van der Waals surface area contributed by atoms with Crippen LogP contribution in [-0.2, 0) is 17.8 Å². The largest absolute Gasteiger partial charge is 0.376 e. The number of hydrogen-bond acceptors (Lipinski definition) is 2. The lowest BCUT2D eigenvalue weighted by Crippen LogP contribution is -2.15. The molecule has 0 amide bonds. The van der Waals surface area contributed by atoms with Crippen LogP contribution in [0.15, 0.2) is 30.5 Å². The summed E-state index contributed by atoms with van der Waals surface area (Å²) in [4.78, 5) is 0. The molecule has 96 valence electrons. The van der Waals surface area contributed by atoms with Gasteiger partial charge >= 0.3 is 0 Å². The van der Waals surface area contributed by atoms with Crippen LogP contribution in [0.2, 0.25) is 0 Å². The van der Waals surface area contributed by atoms with Crippen LogP contribution in [0.4, 0.5) is 0 Å². The van der Waals surface area contributed by atoms with Crippen LogP contribution in [0.5, 0.6) is 0 Å². The highest BCUT2D eigenvalue weighted by Gasteiger charge is 2.17. The Bertz CT molecular complexity index is 526. The lowest BCUT2D eigenvalue weighted by Gasteiger charge is -2.14. The van der Waals surface area contributed by atoms with Crippen LogP contribution in [0, 0.1) is 0 Å². The maximum Gasteiger partial charge on any atom is 0.0754 e. The Balaban J connectivity index is 1.95. The SMILES string of the molecule is CNCc1cccc2ccn(CC3CCCO3)c12. The molecule has 1 aromatic heterocycles. The average molecular weight is 244 g/mol. The molecule has 3 rings (SSSR count). The van der Waals surface area contributed by atoms with E-state index in [9.17, 15) is 0 Å². The molecule has 0 saturated carbocycles. The van der Waals surface area contributed by atoms with Gasteiger partial charge in [-0.1, -0.05) is 18.2 Å². The van der Waals surface area contributed by atoms with E-state index in [1.807, 2.05) is 7.05 Å². The minimum absolute atomic E-state index is 0.392. The molecule has 1 aliphatic heterocycles. The third-order valence-electron chi connectivity index (χ3n) is 3.66. The van der Waals surface area contributed by atoms with Gasteiger partial charge in [-0.15, -0.1) is 0 Å². The fourth-order valence-corrected chi connectivity index (χ4v) is 2.83. The van der Waals surface area contributed by atoms with E-state index in [4.69, 9.17) is 4.74 Å². The van der Waals surface area contributed by atoms with Crippen molar-refractivity contribution in [1.82, 2.24) is 9.88 Å². The van der Waals surface area contributed by atoms with Crippen molar-refractivity contribution in [2.24, 2.45) is 0 Å². The third kappa shape index (κ3) is 2.16. The van der Waals surface area contributed by atoms with E-state index in [1.165, 1.54) is 29.3 Å². The van der Waals surface area contributed by atoms with Gasteiger partial charge in [0.1, 0.15) is 0 Å². The van der Waals surface area contributed by atoms with Crippen LogP contribution in [0.25, 0.3) is 10.9 Å². The van der Waals surface area contributed by atoms with Crippen molar-refractivity contribution in [2.45, 2.75) is 32.0 Å². The Morgan fingerprint density at radius 3 is 3.11 bits per heavy atom. The zero-order valence-electron chi connectivity index (χ0n) is 10.9. The van der Waals surface area contributed by atoms with Gasteiger partial charge in [-0.3, -0.25) is 0 Å². The van der Waals surface area contributed by atoms with Gasteiger partial charge in [0.15, 0.2) is 0 Å². The summed E-state index contributed by atoms with van der Waals surface area (Å²) < 4.78 is 8.08. The molecule has 3 nitrogen and oxygen atoms in total. The Labute approximate surface area is 108 Å². The molecule has 1 aromatic carbocycles. The quantitative estimate of drug-likeness (QED) is 0.894. The highest BCUT2D eigenvalue weighted by molar-refractivity contribution is 5.83. The van der Waals surface area contributed by atoms with E-state index in [0.717, 1.165) is 19.7 Å². The molecule has 1 fully saturated rings. The predicted molar refractivity (Wildman–Crippen MR) is 73.7 cm³/mol. The highest BCUT2D eigenvalue weighted by Crippen LogP contribution is 2.23. The number of para-hydroxylation sites is 1. The molecule has 1 saturated heterocycles. The lowest BCUT2D eigenvalue weighted by molar-refractivity contribution is 0.0980. The Hall–Kier alpha value is -1.32. The van der Waals surface area contributed by atoms with Gasteiger partial charge in [-0.25, -0.2) is 0 Å². The van der Waals surface area contributed by atoms with Gasteiger partial charge in [0.05, 0.1) is 11.6 Å². The molecule has 0 radical (unpaired) electrons. The predicted octanol–water partition coefficient (Wildman–Crippen LogP) is 2.54. The monoisotopic (exact) mass is 244 g/mol. The van der Waals surface area contributed by atoms with Crippen molar-refractivity contribution >= 4 is 10.9 Å². The molecular weight excluding hydrogens is 224 g/mol. The second-order valence-corrected chi connectivity index (χ2v) is 4.99. The Kier molecular flexibility index (Phi) is 3.35. The molecule has 0 spiro atoms. The third-order valence-corrected chi connectivity index (χ3v) is 3.66. The van der Waals surface area contributed by atoms with E-state index >= 15 is 0 Å². The summed E-state index contributed by atoms with van der Waals surface area (Å²) in [5.74, 6) is 0. The number of hydrogen-bond donors (Lipinski definition) is 1. The van der Waals surface area contributed by atoms with Gasteiger partial charge in [-0.05, 0) is 36.9 Å². The van der Waals surface area contributed by atoms with E-state index in [-0.39, 0.29) is 0 Å². The Morgan fingerprint density at radius 2 is 2.33 bits per heavy atom. The molecule has 0 aliphatic carbocycles. The van der Waals surface area contributed by atoms with Crippen molar-refractivity contribution in [1.29, 1.82) is 0 Å². The summed E-state index contributed by atoms with van der Waals surface area (Å²) in [6, 6.07) is 8.71. The van der Waals surface area contributed by atoms with Crippen molar-refractivity contribution in [3.05, 3.63) is 36.0 Å². The topological polar surface area (TPSA) is 26.2 Å². The normalized spacial score (nSPS) is 19.7. The summed E-state index contributed by atoms with van der Waals surface area (Å²) in [6.45, 7) is 2.81. The summed E-state index contributed by atoms with van der Waals surface area (Å²) in [5.41, 5.74) is 2.71. The first-order valence-electron chi connectivity index (χ1n) is 6.71. The van der Waals surface area contributed by atoms with Gasteiger partial charge in [0.25, 0.3) is 0 Å². The van der Waals surface area contributed by atoms with Crippen molar-refractivity contribution < 1.29 is 4.74 Å². The van der Waals surface area contributed by atoms with Crippen LogP contribution in [-0.4, -0.2) is 24.3 Å². The number of rotatable bonds is 4. The zero-order chi connectivity index (χ0) is 12.4. The first kappa shape index (κ1) is 11.8. The van der Waals surface area contributed by atoms with E-state index in [2.05, 4.69) is 40.3 Å². The molecule has 2 heterocycles. The number of nitrogens with zero attached hydrogens (tertiary/aromatic N) is 1. The molecular formula is C15H20N2O. The van der Waals surface area contributed by atoms with Crippen molar-refractivity contribution in [3.63, 3.8) is 0 Å². The van der Waals surface area contributed by atoms with Crippen molar-refractivity contribution in [2.75, 3.05) is 13.7 Å². The maximum atomic E-state index is 5.74. The zero-order valence-corrected chi connectivity index (χ0v) is 10.9. The summed E-state index contributed by atoms with van der Waals surface area (Å²) in [6.07, 6.45) is 4.97. The van der Waals surface area contributed by atoms with E-state index in [1.54, 1.807) is 0 Å². The second kappa shape index (κ2) is 5.12. The minimum atomic E-state index is 0.392. The molecule has 1 N–H and O–H groups in total. The van der Waals surface area contributed by atoms with Gasteiger partial charge in [0.2, 0.25) is 0 Å².